The Bertz CT molecular complexity index is 888. The number of para-hydroxylation sites is 2. The van der Waals surface area contributed by atoms with Crippen molar-refractivity contribution in [1.29, 1.82) is 0 Å². The molecular weight excluding hydrogens is 607 g/mol. The quantitative estimate of drug-likeness (QED) is 0.0616. The highest BCUT2D eigenvalue weighted by molar-refractivity contribution is 7.41. The minimum absolute atomic E-state index is 0.888. The summed E-state index contributed by atoms with van der Waals surface area (Å²) in [5.41, 5.74) is 4.91. The van der Waals surface area contributed by atoms with Gasteiger partial charge in [-0.2, -0.15) is 0 Å². The Balaban J connectivity index is 2.19. The molecular formula is C44H75O3P. The molecule has 0 spiro atoms. The van der Waals surface area contributed by atoms with Gasteiger partial charge in [0, 0.05) is 0 Å². The fraction of sp³-hybridized carbons (Fsp3) is 0.727. The van der Waals surface area contributed by atoms with Crippen LogP contribution in [0.5, 0.6) is 11.5 Å². The summed E-state index contributed by atoms with van der Waals surface area (Å²) in [5.74, 6) is 1.78. The fourth-order valence-electron chi connectivity index (χ4n) is 6.86. The zero-order chi connectivity index (χ0) is 34.5. The van der Waals surface area contributed by atoms with Crippen LogP contribution in [0.2, 0.25) is 0 Å². The van der Waals surface area contributed by atoms with Gasteiger partial charge in [0.2, 0.25) is 0 Å². The second kappa shape index (κ2) is 29.2. The summed E-state index contributed by atoms with van der Waals surface area (Å²) < 4.78 is 13.0. The molecule has 2 aromatic rings. The molecule has 0 saturated carbocycles. The van der Waals surface area contributed by atoms with E-state index >= 15 is 0 Å². The van der Waals surface area contributed by atoms with E-state index in [1.54, 1.807) is 0 Å². The highest BCUT2D eigenvalue weighted by atomic mass is 31.2. The molecule has 48 heavy (non-hydrogen) atoms. The lowest BCUT2D eigenvalue weighted by atomic mass is 9.98. The third kappa shape index (κ3) is 19.0. The lowest BCUT2D eigenvalue weighted by Crippen LogP contribution is -2.05. The Morgan fingerprint density at radius 1 is 0.375 bits per heavy atom. The van der Waals surface area contributed by atoms with Crippen LogP contribution < -0.4 is 9.05 Å². The molecule has 3 nitrogen and oxygen atoms in total. The molecule has 0 aliphatic heterocycles. The first-order valence-electron chi connectivity index (χ1n) is 20.7. The first kappa shape index (κ1) is 42.6. The van der Waals surface area contributed by atoms with E-state index in [1.165, 1.54) is 151 Å². The maximum Gasteiger partial charge on any atom is 0.460 e. The van der Waals surface area contributed by atoms with Crippen molar-refractivity contribution in [2.24, 2.45) is 0 Å². The molecule has 0 saturated heterocycles. The van der Waals surface area contributed by atoms with Crippen LogP contribution in [-0.4, -0.2) is 4.89 Å². The van der Waals surface area contributed by atoms with Crippen molar-refractivity contribution in [3.05, 3.63) is 58.7 Å². The van der Waals surface area contributed by atoms with Gasteiger partial charge >= 0.3 is 8.60 Å². The van der Waals surface area contributed by atoms with Crippen molar-refractivity contribution in [1.82, 2.24) is 0 Å². The van der Waals surface area contributed by atoms with Crippen LogP contribution in [0.4, 0.5) is 0 Å². The van der Waals surface area contributed by atoms with Crippen LogP contribution in [-0.2, 0) is 25.7 Å². The van der Waals surface area contributed by atoms with Gasteiger partial charge in [0.15, 0.2) is 0 Å². The van der Waals surface area contributed by atoms with Gasteiger partial charge in [0.1, 0.15) is 11.5 Å². The average molecular weight is 683 g/mol. The SMILES string of the molecule is CCCCCCCCc1cccc(CCCCCCCC)c1OP(O)Oc1c(CCCCCCCC)cccc1CCCCCCCC. The van der Waals surface area contributed by atoms with E-state index in [0.29, 0.717) is 0 Å². The van der Waals surface area contributed by atoms with Crippen LogP contribution >= 0.6 is 8.60 Å². The molecule has 0 radical (unpaired) electrons. The molecule has 0 amide bonds. The van der Waals surface area contributed by atoms with E-state index < -0.39 is 8.60 Å². The molecule has 1 N–H and O–H groups in total. The molecule has 0 aliphatic rings. The molecule has 2 rings (SSSR count). The first-order chi connectivity index (χ1) is 23.6. The van der Waals surface area contributed by atoms with Crippen LogP contribution in [0.25, 0.3) is 0 Å². The van der Waals surface area contributed by atoms with E-state index in [4.69, 9.17) is 9.05 Å². The molecule has 274 valence electrons. The number of benzene rings is 2. The lowest BCUT2D eigenvalue weighted by molar-refractivity contribution is 0.373. The van der Waals surface area contributed by atoms with Gasteiger partial charge in [-0.3, -0.25) is 0 Å². The Hall–Kier alpha value is -1.57. The summed E-state index contributed by atoms with van der Waals surface area (Å²) in [6, 6.07) is 13.2. The highest BCUT2D eigenvalue weighted by Gasteiger charge is 2.21. The summed E-state index contributed by atoms with van der Waals surface area (Å²) in [5, 5.41) is 0. The number of unbranched alkanes of at least 4 members (excludes halogenated alkanes) is 20. The van der Waals surface area contributed by atoms with E-state index in [1.807, 2.05) is 0 Å². The second-order valence-electron chi connectivity index (χ2n) is 14.3. The Morgan fingerprint density at radius 2 is 0.604 bits per heavy atom. The monoisotopic (exact) mass is 683 g/mol. The summed E-state index contributed by atoms with van der Waals surface area (Å²) >= 11 is 0. The van der Waals surface area contributed by atoms with Crippen LogP contribution in [0.3, 0.4) is 0 Å². The zero-order valence-electron chi connectivity index (χ0n) is 32.0. The zero-order valence-corrected chi connectivity index (χ0v) is 32.9. The van der Waals surface area contributed by atoms with Crippen molar-refractivity contribution in [3.8, 4) is 11.5 Å². The standard InChI is InChI=1S/C44H75O3P/c1-5-9-13-17-21-25-31-39-35-29-36-40(32-26-22-18-14-10-6-2)43(39)46-48(45)47-44-41(33-27-23-19-15-11-7-3)37-30-38-42(44)34-28-24-20-16-12-8-4/h29-30,35-38,45H,5-28,31-34H2,1-4H3. The van der Waals surface area contributed by atoms with Crippen LogP contribution in [0, 0.1) is 0 Å². The second-order valence-corrected chi connectivity index (χ2v) is 15.1. The van der Waals surface area contributed by atoms with E-state index in [0.717, 1.165) is 62.9 Å². The Labute approximate surface area is 299 Å². The van der Waals surface area contributed by atoms with Crippen molar-refractivity contribution in [2.75, 3.05) is 0 Å². The average Bonchev–Trinajstić information content (AvgIpc) is 3.09. The van der Waals surface area contributed by atoms with Crippen molar-refractivity contribution in [2.45, 2.75) is 207 Å². The minimum atomic E-state index is -2.10. The number of rotatable bonds is 32. The third-order valence-electron chi connectivity index (χ3n) is 9.89. The van der Waals surface area contributed by atoms with Gasteiger partial charge in [0.05, 0.1) is 0 Å². The summed E-state index contributed by atoms with van der Waals surface area (Å²) in [4.78, 5) is 11.5. The lowest BCUT2D eigenvalue weighted by Gasteiger charge is -2.21. The predicted octanol–water partition coefficient (Wildman–Crippen LogP) is 15.0. The maximum atomic E-state index is 11.5. The van der Waals surface area contributed by atoms with E-state index in [2.05, 4.69) is 64.1 Å². The van der Waals surface area contributed by atoms with Gasteiger partial charge in [-0.15, -0.1) is 0 Å². The smallest absolute Gasteiger partial charge is 0.417 e. The van der Waals surface area contributed by atoms with Gasteiger partial charge in [-0.25, -0.2) is 0 Å². The van der Waals surface area contributed by atoms with Gasteiger partial charge < -0.3 is 13.9 Å². The summed E-state index contributed by atoms with van der Waals surface area (Å²) in [6.45, 7) is 9.11. The molecule has 0 unspecified atom stereocenters. The minimum Gasteiger partial charge on any atom is -0.417 e. The van der Waals surface area contributed by atoms with Crippen LogP contribution in [0.15, 0.2) is 36.4 Å². The Morgan fingerprint density at radius 3 is 0.854 bits per heavy atom. The van der Waals surface area contributed by atoms with Crippen molar-refractivity contribution >= 4 is 8.60 Å². The Kier molecular flexibility index (Phi) is 25.9. The summed E-state index contributed by atoms with van der Waals surface area (Å²) in [6.07, 6.45) is 34.5. The van der Waals surface area contributed by atoms with Gasteiger partial charge in [-0.1, -0.05) is 193 Å². The topological polar surface area (TPSA) is 38.7 Å². The van der Waals surface area contributed by atoms with Gasteiger partial charge in [0.25, 0.3) is 0 Å². The molecule has 4 heteroatoms. The van der Waals surface area contributed by atoms with Crippen molar-refractivity contribution < 1.29 is 13.9 Å². The molecule has 0 fully saturated rings. The predicted molar refractivity (Wildman–Crippen MR) is 212 cm³/mol. The van der Waals surface area contributed by atoms with Crippen molar-refractivity contribution in [3.63, 3.8) is 0 Å². The largest absolute Gasteiger partial charge is 0.460 e. The third-order valence-corrected chi connectivity index (χ3v) is 10.6. The molecule has 0 bridgehead atoms. The van der Waals surface area contributed by atoms with E-state index in [9.17, 15) is 4.89 Å². The summed E-state index contributed by atoms with van der Waals surface area (Å²) in [7, 11) is -2.10. The normalized spacial score (nSPS) is 11.5. The molecule has 0 atom stereocenters. The number of hydrogen-bond acceptors (Lipinski definition) is 3. The van der Waals surface area contributed by atoms with Gasteiger partial charge in [-0.05, 0) is 73.6 Å². The van der Waals surface area contributed by atoms with E-state index in [-0.39, 0.29) is 0 Å². The highest BCUT2D eigenvalue weighted by Crippen LogP contribution is 2.43. The van der Waals surface area contributed by atoms with Crippen LogP contribution in [0.1, 0.15) is 204 Å². The first-order valence-corrected chi connectivity index (χ1v) is 21.8. The molecule has 0 aromatic heterocycles. The molecule has 2 aromatic carbocycles. The maximum absolute atomic E-state index is 11.5. The number of aryl methyl sites for hydroxylation is 4. The fourth-order valence-corrected chi connectivity index (χ4v) is 7.67. The molecule has 0 heterocycles. The molecule has 0 aliphatic carbocycles. The number of hydrogen-bond donors (Lipinski definition) is 1.